The number of rotatable bonds is 2. The van der Waals surface area contributed by atoms with E-state index in [0.29, 0.717) is 12.8 Å². The number of hydrogen-bond acceptors (Lipinski definition) is 6. The number of nitrogens with one attached hydrogen (secondary N) is 2. The third-order valence-corrected chi connectivity index (χ3v) is 5.05. The summed E-state index contributed by atoms with van der Waals surface area (Å²) in [6.45, 7) is 12.9. The first-order chi connectivity index (χ1) is 14.0. The largest absolute Gasteiger partial charge is 2.00 e. The van der Waals surface area contributed by atoms with Crippen molar-refractivity contribution in [2.75, 3.05) is 0 Å². The molecular weight excluding hydrogens is 516 g/mol. The molecule has 0 bridgehead atoms. The molecule has 0 aromatic rings. The fourth-order valence-electron chi connectivity index (χ4n) is 3.42. The van der Waals surface area contributed by atoms with Gasteiger partial charge in [-0.15, -0.1) is 0 Å². The number of alkyl carbamates (subject to hydrolysis) is 2. The summed E-state index contributed by atoms with van der Waals surface area (Å²) >= 11 is 0. The second-order valence-electron chi connectivity index (χ2n) is 10.9. The van der Waals surface area contributed by atoms with E-state index in [0.717, 1.165) is 38.5 Å². The smallest absolute Gasteiger partial charge is 1.00 e. The van der Waals surface area contributed by atoms with Gasteiger partial charge in [0, 0.05) is 24.9 Å². The summed E-state index contributed by atoms with van der Waals surface area (Å²) in [6, 6.07) is 0.229. The molecule has 10 heteroatoms. The number of ether oxygens (including phenoxy) is 2. The molecule has 3 N–H and O–H groups in total. The number of carbonyl (C=O) groups excluding carboxylic acids is 3. The molecule has 2 amide bonds. The Hall–Kier alpha value is -0.584. The van der Waals surface area contributed by atoms with E-state index < -0.39 is 16.8 Å². The van der Waals surface area contributed by atoms with Gasteiger partial charge < -0.3 is 49.6 Å². The van der Waals surface area contributed by atoms with Crippen LogP contribution in [0.1, 0.15) is 99.8 Å². The van der Waals surface area contributed by atoms with Crippen LogP contribution in [0, 0.1) is 7.43 Å². The van der Waals surface area contributed by atoms with Gasteiger partial charge in [0.15, 0.2) is 0 Å². The second kappa shape index (κ2) is 16.2. The first-order valence-electron chi connectivity index (χ1n) is 11.3. The maximum atomic E-state index is 11.5. The molecule has 0 atom stereocenters. The summed E-state index contributed by atoms with van der Waals surface area (Å²) in [5.74, 6) is 0.289. The Morgan fingerprint density at radius 1 is 0.853 bits per heavy atom. The van der Waals surface area contributed by atoms with Crippen molar-refractivity contribution in [3.63, 3.8) is 0 Å². The summed E-state index contributed by atoms with van der Waals surface area (Å²) < 4.78 is 10.3. The summed E-state index contributed by atoms with van der Waals surface area (Å²) in [6.07, 6.45) is 4.94. The summed E-state index contributed by atoms with van der Waals surface area (Å²) in [4.78, 5) is 33.9. The molecule has 2 rings (SSSR count). The number of Topliss-reactive ketones (excluding diaryl/α,β-unsaturated/α-hetero) is 1. The Morgan fingerprint density at radius 2 is 1.18 bits per heavy atom. The molecule has 2 fully saturated rings. The zero-order chi connectivity index (χ0) is 23.9. The van der Waals surface area contributed by atoms with E-state index in [-0.39, 0.29) is 77.5 Å². The van der Waals surface area contributed by atoms with E-state index in [2.05, 4.69) is 10.6 Å². The van der Waals surface area contributed by atoms with Gasteiger partial charge in [-0.3, -0.25) is 4.79 Å². The van der Waals surface area contributed by atoms with Crippen LogP contribution in [0.2, 0.25) is 0 Å². The number of carbonyl (C=O) groups is 3. The normalized spacial score (nSPS) is 22.8. The summed E-state index contributed by atoms with van der Waals surface area (Å²) in [5.41, 5.74) is -1.48. The zero-order valence-corrected chi connectivity index (χ0v) is 25.4. The minimum atomic E-state index is -0.563. The van der Waals surface area contributed by atoms with Gasteiger partial charge >= 0.3 is 35.2 Å². The van der Waals surface area contributed by atoms with Crippen molar-refractivity contribution in [1.82, 2.24) is 10.6 Å². The first-order valence-corrected chi connectivity index (χ1v) is 11.3. The fourth-order valence-corrected chi connectivity index (χ4v) is 3.42. The van der Waals surface area contributed by atoms with E-state index in [1.807, 2.05) is 48.5 Å². The number of hydrogen-bond donors (Lipinski definition) is 3. The standard InChI is InChI=1S/C12H23NO3.C11H19NO3.CH3.BrH.Mg/c1-11(2,3)16-10(14)13-9-5-7-12(4,15)8-6-9;1-11(2,3)15-10(14)12-8-4-6-9(13)7-5-8;;;/h9,15H,5-8H2,1-4H3,(H,13,14);8H,4-7H2,1-3H3,(H,12,14);1H3;1H;/q;;-1;;+2/p-1. The van der Waals surface area contributed by atoms with Crippen LogP contribution in [-0.4, -0.2) is 75.0 Å². The molecule has 0 radical (unpaired) electrons. The van der Waals surface area contributed by atoms with Gasteiger partial charge in [0.1, 0.15) is 17.0 Å². The van der Waals surface area contributed by atoms with Crippen LogP contribution in [0.25, 0.3) is 0 Å². The van der Waals surface area contributed by atoms with Gasteiger partial charge in [0.05, 0.1) is 5.60 Å². The number of halogens is 1. The van der Waals surface area contributed by atoms with E-state index in [4.69, 9.17) is 9.47 Å². The predicted molar refractivity (Wildman–Crippen MR) is 131 cm³/mol. The number of aliphatic hydroxyl groups is 1. The summed E-state index contributed by atoms with van der Waals surface area (Å²) in [7, 11) is 0. The van der Waals surface area contributed by atoms with Crippen LogP contribution in [-0.2, 0) is 14.3 Å². The van der Waals surface area contributed by atoms with Crippen molar-refractivity contribution >= 4 is 41.0 Å². The summed E-state index contributed by atoms with van der Waals surface area (Å²) in [5, 5.41) is 15.4. The van der Waals surface area contributed by atoms with Crippen molar-refractivity contribution in [2.24, 2.45) is 0 Å². The molecule has 0 aromatic carbocycles. The van der Waals surface area contributed by atoms with Crippen molar-refractivity contribution < 1.29 is 45.9 Å². The average Bonchev–Trinajstić information content (AvgIpc) is 2.56. The van der Waals surface area contributed by atoms with Crippen LogP contribution in [0.5, 0.6) is 0 Å². The predicted octanol–water partition coefficient (Wildman–Crippen LogP) is 1.30. The Labute approximate surface area is 233 Å². The van der Waals surface area contributed by atoms with Crippen molar-refractivity contribution in [1.29, 1.82) is 0 Å². The molecule has 2 saturated carbocycles. The topological polar surface area (TPSA) is 114 Å². The zero-order valence-electron chi connectivity index (χ0n) is 22.4. The van der Waals surface area contributed by atoms with Gasteiger partial charge in [0.2, 0.25) is 0 Å². The SMILES string of the molecule is CC(C)(C)OC(=O)NC1CCC(=O)CC1.CC1(O)CCC(NC(=O)OC(C)(C)C)CC1.[Br-].[CH3-].[Mg+2]. The average molecular weight is 562 g/mol. The van der Waals surface area contributed by atoms with Crippen molar-refractivity contribution in [3.8, 4) is 0 Å². The van der Waals surface area contributed by atoms with Gasteiger partial charge in [-0.2, -0.15) is 0 Å². The third-order valence-electron chi connectivity index (χ3n) is 5.05. The van der Waals surface area contributed by atoms with E-state index >= 15 is 0 Å². The molecule has 196 valence electrons. The molecule has 2 aliphatic carbocycles. The Balaban J connectivity index is -0.000000520. The number of amides is 2. The van der Waals surface area contributed by atoms with Crippen LogP contribution in [0.4, 0.5) is 9.59 Å². The van der Waals surface area contributed by atoms with Gasteiger partial charge in [-0.1, -0.05) is 0 Å². The molecular formula is C24H45BrMgN2O6. The molecule has 0 aliphatic heterocycles. The van der Waals surface area contributed by atoms with Gasteiger partial charge in [-0.25, -0.2) is 9.59 Å². The molecule has 0 heterocycles. The van der Waals surface area contributed by atoms with Crippen LogP contribution in [0.3, 0.4) is 0 Å². The molecule has 0 spiro atoms. The maximum Gasteiger partial charge on any atom is 2.00 e. The minimum Gasteiger partial charge on any atom is -1.00 e. The quantitative estimate of drug-likeness (QED) is 0.346. The molecule has 34 heavy (non-hydrogen) atoms. The van der Waals surface area contributed by atoms with Gasteiger partial charge in [-0.05, 0) is 87.0 Å². The molecule has 2 aliphatic rings. The molecule has 0 saturated heterocycles. The third kappa shape index (κ3) is 18.7. The van der Waals surface area contributed by atoms with Crippen LogP contribution >= 0.6 is 0 Å². The van der Waals surface area contributed by atoms with E-state index in [1.165, 1.54) is 0 Å². The first kappa shape index (κ1) is 38.0. The fraction of sp³-hybridized carbons (Fsp3) is 0.833. The van der Waals surface area contributed by atoms with E-state index in [1.54, 1.807) is 0 Å². The van der Waals surface area contributed by atoms with Crippen LogP contribution in [0.15, 0.2) is 0 Å². The maximum absolute atomic E-state index is 11.5. The van der Waals surface area contributed by atoms with E-state index in [9.17, 15) is 19.5 Å². The Morgan fingerprint density at radius 3 is 1.50 bits per heavy atom. The monoisotopic (exact) mass is 560 g/mol. The Kier molecular flexibility index (Phi) is 18.1. The molecule has 0 unspecified atom stereocenters. The minimum absolute atomic E-state index is 0. The second-order valence-corrected chi connectivity index (χ2v) is 10.9. The van der Waals surface area contributed by atoms with Crippen LogP contribution < -0.4 is 27.6 Å². The molecule has 8 nitrogen and oxygen atoms in total. The Bertz CT molecular complexity index is 612. The van der Waals surface area contributed by atoms with Gasteiger partial charge in [0.25, 0.3) is 0 Å². The van der Waals surface area contributed by atoms with Crippen molar-refractivity contribution in [3.05, 3.63) is 7.43 Å². The number of ketones is 1. The van der Waals surface area contributed by atoms with Crippen molar-refractivity contribution in [2.45, 2.75) is 129 Å². The molecule has 0 aromatic heterocycles.